The summed E-state index contributed by atoms with van der Waals surface area (Å²) >= 11 is 0. The summed E-state index contributed by atoms with van der Waals surface area (Å²) in [6.07, 6.45) is 3.72. The molecule has 1 aromatic rings. The molecular weight excluding hydrogens is 208 g/mol. The number of nitrogens with two attached hydrogens (primary N) is 1. The van der Waals surface area contributed by atoms with Gasteiger partial charge < -0.3 is 5.73 Å². The lowest BCUT2D eigenvalue weighted by Crippen LogP contribution is -2.34. The van der Waals surface area contributed by atoms with Crippen LogP contribution in [0, 0.1) is 5.92 Å². The summed E-state index contributed by atoms with van der Waals surface area (Å²) in [5.41, 5.74) is 9.86. The Balaban J connectivity index is 2.05. The van der Waals surface area contributed by atoms with Crippen molar-refractivity contribution in [1.29, 1.82) is 0 Å². The van der Waals surface area contributed by atoms with Gasteiger partial charge in [0.05, 0.1) is 0 Å². The van der Waals surface area contributed by atoms with E-state index in [1.165, 1.54) is 37.1 Å². The Kier molecular flexibility index (Phi) is 4.06. The Morgan fingerprint density at radius 1 is 1.29 bits per heavy atom. The van der Waals surface area contributed by atoms with Gasteiger partial charge in [-0.3, -0.25) is 4.90 Å². The first kappa shape index (κ1) is 12.4. The third kappa shape index (κ3) is 2.81. The Hall–Kier alpha value is -1.02. The standard InChI is InChI=1S/C15H24N2/c1-3-12(4-2)10-17-9-8-13-6-5-7-15(16)14(13)11-17/h5-7,12H,3-4,8-11,16H2,1-2H3. The van der Waals surface area contributed by atoms with E-state index in [2.05, 4.69) is 30.9 Å². The third-order valence-electron chi connectivity index (χ3n) is 4.06. The van der Waals surface area contributed by atoms with Gasteiger partial charge in [-0.2, -0.15) is 0 Å². The molecule has 2 rings (SSSR count). The highest BCUT2D eigenvalue weighted by Gasteiger charge is 2.19. The number of rotatable bonds is 4. The van der Waals surface area contributed by atoms with Crippen molar-refractivity contribution in [2.45, 2.75) is 39.7 Å². The van der Waals surface area contributed by atoms with Crippen molar-refractivity contribution in [2.24, 2.45) is 5.92 Å². The summed E-state index contributed by atoms with van der Waals surface area (Å²) in [6, 6.07) is 6.32. The Morgan fingerprint density at radius 3 is 2.76 bits per heavy atom. The molecule has 2 N–H and O–H groups in total. The van der Waals surface area contributed by atoms with Crippen LogP contribution in [0.15, 0.2) is 18.2 Å². The zero-order valence-electron chi connectivity index (χ0n) is 11.1. The molecule has 17 heavy (non-hydrogen) atoms. The van der Waals surface area contributed by atoms with E-state index in [-0.39, 0.29) is 0 Å². The van der Waals surface area contributed by atoms with Gasteiger partial charge in [-0.1, -0.05) is 38.8 Å². The maximum absolute atomic E-state index is 6.07. The highest BCUT2D eigenvalue weighted by molar-refractivity contribution is 5.51. The minimum atomic E-state index is 0.835. The minimum absolute atomic E-state index is 0.835. The number of hydrogen-bond acceptors (Lipinski definition) is 2. The average molecular weight is 232 g/mol. The Morgan fingerprint density at radius 2 is 2.06 bits per heavy atom. The van der Waals surface area contributed by atoms with Gasteiger partial charge in [-0.05, 0) is 29.5 Å². The monoisotopic (exact) mass is 232 g/mol. The fourth-order valence-electron chi connectivity index (χ4n) is 2.73. The van der Waals surface area contributed by atoms with E-state index >= 15 is 0 Å². The fraction of sp³-hybridized carbons (Fsp3) is 0.600. The van der Waals surface area contributed by atoms with E-state index in [1.807, 2.05) is 6.07 Å². The van der Waals surface area contributed by atoms with E-state index in [0.717, 1.165) is 24.6 Å². The lowest BCUT2D eigenvalue weighted by molar-refractivity contribution is 0.208. The number of nitrogens with zero attached hydrogens (tertiary/aromatic N) is 1. The van der Waals surface area contributed by atoms with Crippen LogP contribution in [0.3, 0.4) is 0 Å². The molecule has 0 fully saturated rings. The van der Waals surface area contributed by atoms with Crippen LogP contribution >= 0.6 is 0 Å². The van der Waals surface area contributed by atoms with Gasteiger partial charge in [0.15, 0.2) is 0 Å². The van der Waals surface area contributed by atoms with Crippen LogP contribution in [0.2, 0.25) is 0 Å². The Labute approximate surface area is 105 Å². The number of hydrogen-bond donors (Lipinski definition) is 1. The van der Waals surface area contributed by atoms with Gasteiger partial charge in [-0.25, -0.2) is 0 Å². The molecule has 2 nitrogen and oxygen atoms in total. The number of fused-ring (bicyclic) bond motifs is 1. The van der Waals surface area contributed by atoms with Gasteiger partial charge >= 0.3 is 0 Å². The molecule has 0 spiro atoms. The lowest BCUT2D eigenvalue weighted by atomic mass is 9.96. The summed E-state index contributed by atoms with van der Waals surface area (Å²) in [5.74, 6) is 0.835. The molecule has 0 aromatic heterocycles. The fourth-order valence-corrected chi connectivity index (χ4v) is 2.73. The van der Waals surface area contributed by atoms with Gasteiger partial charge in [0, 0.05) is 25.3 Å². The van der Waals surface area contributed by atoms with Crippen LogP contribution in [0.4, 0.5) is 5.69 Å². The molecule has 0 bridgehead atoms. The molecule has 0 amide bonds. The van der Waals surface area contributed by atoms with Crippen LogP contribution in [0.25, 0.3) is 0 Å². The first-order chi connectivity index (χ1) is 8.24. The van der Waals surface area contributed by atoms with E-state index in [9.17, 15) is 0 Å². The molecule has 94 valence electrons. The summed E-state index contributed by atoms with van der Waals surface area (Å²) in [7, 11) is 0. The van der Waals surface area contributed by atoms with E-state index in [1.54, 1.807) is 0 Å². The quantitative estimate of drug-likeness (QED) is 0.808. The van der Waals surface area contributed by atoms with Crippen molar-refractivity contribution in [3.8, 4) is 0 Å². The number of anilines is 1. The molecule has 0 saturated heterocycles. The zero-order chi connectivity index (χ0) is 12.3. The minimum Gasteiger partial charge on any atom is -0.398 e. The van der Waals surface area contributed by atoms with Crippen molar-refractivity contribution in [2.75, 3.05) is 18.8 Å². The molecule has 2 heteroatoms. The predicted octanol–water partition coefficient (Wildman–Crippen LogP) is 3.06. The number of nitrogen functional groups attached to an aromatic ring is 1. The Bertz CT molecular complexity index is 369. The van der Waals surface area contributed by atoms with Crippen LogP contribution in [-0.2, 0) is 13.0 Å². The van der Waals surface area contributed by atoms with Crippen LogP contribution in [0.1, 0.15) is 37.8 Å². The molecule has 0 aliphatic carbocycles. The first-order valence-corrected chi connectivity index (χ1v) is 6.83. The predicted molar refractivity (Wildman–Crippen MR) is 73.9 cm³/mol. The molecular formula is C15H24N2. The normalized spacial score (nSPS) is 16.2. The van der Waals surface area contributed by atoms with Crippen LogP contribution in [0.5, 0.6) is 0 Å². The van der Waals surface area contributed by atoms with Crippen LogP contribution in [-0.4, -0.2) is 18.0 Å². The largest absolute Gasteiger partial charge is 0.398 e. The third-order valence-corrected chi connectivity index (χ3v) is 4.06. The molecule has 0 unspecified atom stereocenters. The van der Waals surface area contributed by atoms with Crippen molar-refractivity contribution in [1.82, 2.24) is 4.90 Å². The molecule has 0 saturated carbocycles. The highest BCUT2D eigenvalue weighted by Crippen LogP contribution is 2.25. The van der Waals surface area contributed by atoms with Crippen LogP contribution < -0.4 is 5.73 Å². The maximum atomic E-state index is 6.07. The summed E-state index contributed by atoms with van der Waals surface area (Å²) in [4.78, 5) is 2.57. The molecule has 1 aliphatic rings. The van der Waals surface area contributed by atoms with Gasteiger partial charge in [0.2, 0.25) is 0 Å². The zero-order valence-corrected chi connectivity index (χ0v) is 11.1. The average Bonchev–Trinajstić information content (AvgIpc) is 2.37. The van der Waals surface area contributed by atoms with Gasteiger partial charge in [0.25, 0.3) is 0 Å². The molecule has 0 radical (unpaired) electrons. The summed E-state index contributed by atoms with van der Waals surface area (Å²) < 4.78 is 0. The summed E-state index contributed by atoms with van der Waals surface area (Å²) in [6.45, 7) is 8.03. The second-order valence-corrected chi connectivity index (χ2v) is 5.15. The van der Waals surface area contributed by atoms with E-state index < -0.39 is 0 Å². The second-order valence-electron chi connectivity index (χ2n) is 5.15. The van der Waals surface area contributed by atoms with Gasteiger partial charge in [-0.15, -0.1) is 0 Å². The first-order valence-electron chi connectivity index (χ1n) is 6.83. The SMILES string of the molecule is CCC(CC)CN1CCc2cccc(N)c2C1. The summed E-state index contributed by atoms with van der Waals surface area (Å²) in [5, 5.41) is 0. The number of benzene rings is 1. The van der Waals surface area contributed by atoms with E-state index in [0.29, 0.717) is 0 Å². The van der Waals surface area contributed by atoms with Gasteiger partial charge in [0.1, 0.15) is 0 Å². The van der Waals surface area contributed by atoms with E-state index in [4.69, 9.17) is 5.73 Å². The van der Waals surface area contributed by atoms with Crippen molar-refractivity contribution in [3.63, 3.8) is 0 Å². The van der Waals surface area contributed by atoms with Crippen molar-refractivity contribution >= 4 is 5.69 Å². The smallest absolute Gasteiger partial charge is 0.0362 e. The second kappa shape index (κ2) is 5.54. The van der Waals surface area contributed by atoms with Crippen molar-refractivity contribution < 1.29 is 0 Å². The lowest BCUT2D eigenvalue weighted by Gasteiger charge is -2.32. The highest BCUT2D eigenvalue weighted by atomic mass is 15.1. The molecule has 1 aliphatic heterocycles. The maximum Gasteiger partial charge on any atom is 0.0362 e. The molecule has 1 aromatic carbocycles. The topological polar surface area (TPSA) is 29.3 Å². The molecule has 1 heterocycles. The molecule has 0 atom stereocenters. The van der Waals surface area contributed by atoms with Crippen molar-refractivity contribution in [3.05, 3.63) is 29.3 Å².